The standard InChI is InChI=1S/C7H15N3O3S2/c1-9(6-7(8)14)15(11,12)10-2-4-13-5-3-10/h2-6H2,1H3,(H2,8,14). The molecule has 1 heterocycles. The van der Waals surface area contributed by atoms with Gasteiger partial charge in [0.05, 0.1) is 24.7 Å². The molecule has 1 aliphatic rings. The fraction of sp³-hybridized carbons (Fsp3) is 0.857. The number of nitrogens with two attached hydrogens (primary N) is 1. The summed E-state index contributed by atoms with van der Waals surface area (Å²) in [5.74, 6) is 0. The highest BCUT2D eigenvalue weighted by molar-refractivity contribution is 7.86. The van der Waals surface area contributed by atoms with Gasteiger partial charge < -0.3 is 10.5 Å². The first-order chi connectivity index (χ1) is 6.94. The molecule has 0 spiro atoms. The Bertz CT molecular complexity index is 324. The SMILES string of the molecule is CN(CC(N)=S)S(=O)(=O)N1CCOCC1. The van der Waals surface area contributed by atoms with Crippen molar-refractivity contribution >= 4 is 27.4 Å². The normalized spacial score (nSPS) is 19.3. The van der Waals surface area contributed by atoms with E-state index in [1.54, 1.807) is 0 Å². The van der Waals surface area contributed by atoms with Crippen LogP contribution >= 0.6 is 12.2 Å². The van der Waals surface area contributed by atoms with Gasteiger partial charge in [-0.3, -0.25) is 0 Å². The topological polar surface area (TPSA) is 75.9 Å². The molecule has 1 fully saturated rings. The first-order valence-corrected chi connectivity index (χ1v) is 6.32. The Morgan fingerprint density at radius 3 is 2.53 bits per heavy atom. The van der Waals surface area contributed by atoms with Gasteiger partial charge in [-0.05, 0) is 0 Å². The van der Waals surface area contributed by atoms with E-state index in [0.29, 0.717) is 26.3 Å². The molecule has 8 heteroatoms. The lowest BCUT2D eigenvalue weighted by Crippen LogP contribution is -2.48. The van der Waals surface area contributed by atoms with Crippen LogP contribution in [0.3, 0.4) is 0 Å². The molecule has 0 radical (unpaired) electrons. The van der Waals surface area contributed by atoms with Crippen molar-refractivity contribution in [2.24, 2.45) is 5.73 Å². The van der Waals surface area contributed by atoms with Gasteiger partial charge in [0.2, 0.25) is 0 Å². The summed E-state index contributed by atoms with van der Waals surface area (Å²) in [4.78, 5) is 0.161. The minimum atomic E-state index is -3.44. The molecular formula is C7H15N3O3S2. The van der Waals surface area contributed by atoms with E-state index in [2.05, 4.69) is 12.2 Å². The fourth-order valence-electron chi connectivity index (χ4n) is 1.28. The average Bonchev–Trinajstić information content (AvgIpc) is 2.18. The molecule has 0 aromatic heterocycles. The zero-order valence-corrected chi connectivity index (χ0v) is 10.2. The van der Waals surface area contributed by atoms with Crippen molar-refractivity contribution in [3.63, 3.8) is 0 Å². The maximum absolute atomic E-state index is 11.9. The molecule has 15 heavy (non-hydrogen) atoms. The zero-order chi connectivity index (χ0) is 11.5. The van der Waals surface area contributed by atoms with Crippen LogP contribution in [0.2, 0.25) is 0 Å². The number of ether oxygens (including phenoxy) is 1. The lowest BCUT2D eigenvalue weighted by molar-refractivity contribution is 0.0708. The zero-order valence-electron chi connectivity index (χ0n) is 8.55. The van der Waals surface area contributed by atoms with Crippen LogP contribution in [0.1, 0.15) is 0 Å². The Labute approximate surface area is 95.2 Å². The molecule has 0 bridgehead atoms. The van der Waals surface area contributed by atoms with Crippen molar-refractivity contribution in [1.82, 2.24) is 8.61 Å². The van der Waals surface area contributed by atoms with Gasteiger partial charge in [0, 0.05) is 20.1 Å². The summed E-state index contributed by atoms with van der Waals surface area (Å²) in [6.07, 6.45) is 0. The third kappa shape index (κ3) is 3.35. The summed E-state index contributed by atoms with van der Waals surface area (Å²) in [6.45, 7) is 1.68. The number of hydrogen-bond donors (Lipinski definition) is 1. The highest BCUT2D eigenvalue weighted by Gasteiger charge is 2.28. The van der Waals surface area contributed by atoms with Crippen LogP contribution in [-0.4, -0.2) is 61.9 Å². The largest absolute Gasteiger partial charge is 0.392 e. The third-order valence-electron chi connectivity index (χ3n) is 2.07. The van der Waals surface area contributed by atoms with Crippen molar-refractivity contribution in [3.05, 3.63) is 0 Å². The van der Waals surface area contributed by atoms with Gasteiger partial charge in [-0.1, -0.05) is 12.2 Å². The van der Waals surface area contributed by atoms with Crippen LogP contribution in [0, 0.1) is 0 Å². The van der Waals surface area contributed by atoms with Crippen molar-refractivity contribution in [3.8, 4) is 0 Å². The average molecular weight is 253 g/mol. The second-order valence-corrected chi connectivity index (χ2v) is 5.80. The highest BCUT2D eigenvalue weighted by atomic mass is 32.2. The molecular weight excluding hydrogens is 238 g/mol. The summed E-state index contributed by atoms with van der Waals surface area (Å²) >= 11 is 4.67. The molecule has 0 aliphatic carbocycles. The van der Waals surface area contributed by atoms with E-state index in [-0.39, 0.29) is 11.5 Å². The van der Waals surface area contributed by atoms with Gasteiger partial charge in [-0.2, -0.15) is 17.0 Å². The summed E-state index contributed by atoms with van der Waals surface area (Å²) in [5.41, 5.74) is 5.30. The number of rotatable bonds is 4. The molecule has 0 aromatic rings. The van der Waals surface area contributed by atoms with E-state index in [9.17, 15) is 8.42 Å². The second-order valence-electron chi connectivity index (χ2n) is 3.24. The number of morpholine rings is 1. The van der Waals surface area contributed by atoms with Crippen LogP contribution in [0.15, 0.2) is 0 Å². The lowest BCUT2D eigenvalue weighted by Gasteiger charge is -2.29. The van der Waals surface area contributed by atoms with Crippen LogP contribution in [-0.2, 0) is 14.9 Å². The van der Waals surface area contributed by atoms with Gasteiger partial charge in [-0.15, -0.1) is 0 Å². The molecule has 88 valence electrons. The van der Waals surface area contributed by atoms with Gasteiger partial charge in [-0.25, -0.2) is 0 Å². The molecule has 0 amide bonds. The fourth-order valence-corrected chi connectivity index (χ4v) is 2.86. The van der Waals surface area contributed by atoms with Crippen LogP contribution in [0.4, 0.5) is 0 Å². The van der Waals surface area contributed by atoms with Crippen molar-refractivity contribution in [2.45, 2.75) is 0 Å². The predicted octanol–water partition coefficient (Wildman–Crippen LogP) is -1.22. The molecule has 0 saturated carbocycles. The highest BCUT2D eigenvalue weighted by Crippen LogP contribution is 2.08. The van der Waals surface area contributed by atoms with Gasteiger partial charge >= 0.3 is 0 Å². The molecule has 2 N–H and O–H groups in total. The Kier molecular flexibility index (Phi) is 4.41. The summed E-state index contributed by atoms with van der Waals surface area (Å²) in [7, 11) is -1.98. The predicted molar refractivity (Wildman–Crippen MR) is 60.7 cm³/mol. The van der Waals surface area contributed by atoms with Gasteiger partial charge in [0.25, 0.3) is 10.2 Å². The van der Waals surface area contributed by atoms with Crippen LogP contribution in [0.25, 0.3) is 0 Å². The maximum Gasteiger partial charge on any atom is 0.282 e. The molecule has 6 nitrogen and oxygen atoms in total. The molecule has 1 rings (SSSR count). The van der Waals surface area contributed by atoms with Gasteiger partial charge in [0.1, 0.15) is 0 Å². The molecule has 0 unspecified atom stereocenters. The Balaban J connectivity index is 2.67. The van der Waals surface area contributed by atoms with E-state index in [1.165, 1.54) is 11.4 Å². The quantitative estimate of drug-likeness (QED) is 0.636. The molecule has 0 aromatic carbocycles. The van der Waals surface area contributed by atoms with E-state index in [0.717, 1.165) is 4.31 Å². The minimum absolute atomic E-state index is 0.0645. The number of likely N-dealkylation sites (N-methyl/N-ethyl adjacent to an activating group) is 1. The van der Waals surface area contributed by atoms with E-state index < -0.39 is 10.2 Å². The van der Waals surface area contributed by atoms with Crippen LogP contribution in [0.5, 0.6) is 0 Å². The van der Waals surface area contributed by atoms with Crippen molar-refractivity contribution in [1.29, 1.82) is 0 Å². The monoisotopic (exact) mass is 253 g/mol. The van der Waals surface area contributed by atoms with E-state index in [4.69, 9.17) is 10.5 Å². The summed E-state index contributed by atoms with van der Waals surface area (Å²) < 4.78 is 31.4. The molecule has 0 atom stereocenters. The maximum atomic E-state index is 11.9. The summed E-state index contributed by atoms with van der Waals surface area (Å²) in [6, 6.07) is 0. The number of thiocarbonyl (C=S) groups is 1. The van der Waals surface area contributed by atoms with E-state index >= 15 is 0 Å². The first-order valence-electron chi connectivity index (χ1n) is 4.52. The van der Waals surface area contributed by atoms with Crippen molar-refractivity contribution in [2.75, 3.05) is 39.9 Å². The number of hydrogen-bond acceptors (Lipinski definition) is 4. The minimum Gasteiger partial charge on any atom is -0.392 e. The van der Waals surface area contributed by atoms with Gasteiger partial charge in [0.15, 0.2) is 0 Å². The Hall–Kier alpha value is -0.280. The van der Waals surface area contributed by atoms with Crippen molar-refractivity contribution < 1.29 is 13.2 Å². The summed E-state index contributed by atoms with van der Waals surface area (Å²) in [5, 5.41) is 0. The van der Waals surface area contributed by atoms with E-state index in [1.807, 2.05) is 0 Å². The smallest absolute Gasteiger partial charge is 0.282 e. The van der Waals surface area contributed by atoms with Crippen LogP contribution < -0.4 is 5.73 Å². The molecule has 1 aliphatic heterocycles. The Morgan fingerprint density at radius 2 is 2.07 bits per heavy atom. The number of nitrogens with zero attached hydrogens (tertiary/aromatic N) is 2. The molecule has 1 saturated heterocycles. The Morgan fingerprint density at radius 1 is 1.53 bits per heavy atom. The second kappa shape index (κ2) is 5.17. The third-order valence-corrected chi connectivity index (χ3v) is 4.13. The first kappa shape index (κ1) is 12.8. The lowest BCUT2D eigenvalue weighted by atomic mass is 10.5.